The Balaban J connectivity index is 1.69. The summed E-state index contributed by atoms with van der Waals surface area (Å²) in [6.45, 7) is 6.79. The Kier molecular flexibility index (Phi) is 7.57. The second-order valence-electron chi connectivity index (χ2n) is 7.51. The van der Waals surface area contributed by atoms with Gasteiger partial charge in [0.1, 0.15) is 6.54 Å². The summed E-state index contributed by atoms with van der Waals surface area (Å²) in [6.07, 6.45) is 3.98. The zero-order chi connectivity index (χ0) is 19.8. The molecule has 3 rings (SSSR count). The molecule has 0 bridgehead atoms. The van der Waals surface area contributed by atoms with Crippen LogP contribution in [-0.2, 0) is 14.9 Å². The summed E-state index contributed by atoms with van der Waals surface area (Å²) in [7, 11) is 0. The van der Waals surface area contributed by atoms with Crippen LogP contribution in [0.5, 0.6) is 0 Å². The van der Waals surface area contributed by atoms with Crippen LogP contribution in [0.2, 0.25) is 5.02 Å². The zero-order valence-corrected chi connectivity index (χ0v) is 17.4. The number of halogens is 1. The molecule has 2 saturated heterocycles. The predicted molar refractivity (Wildman–Crippen MR) is 113 cm³/mol. The fourth-order valence-corrected chi connectivity index (χ4v) is 4.34. The second kappa shape index (κ2) is 10.1. The maximum Gasteiger partial charge on any atom is 0.244 e. The molecular weight excluding hydrogens is 376 g/mol. The molecule has 1 aromatic carbocycles. The molecule has 1 amide bonds. The van der Waals surface area contributed by atoms with Gasteiger partial charge in [0.05, 0.1) is 0 Å². The average molecular weight is 407 g/mol. The minimum Gasteiger partial charge on any atom is -0.381 e. The molecule has 0 aliphatic carbocycles. The van der Waals surface area contributed by atoms with E-state index in [2.05, 4.69) is 21.7 Å². The van der Waals surface area contributed by atoms with Crippen molar-refractivity contribution in [3.63, 3.8) is 0 Å². The highest BCUT2D eigenvalue weighted by Crippen LogP contribution is 2.38. The smallest absolute Gasteiger partial charge is 0.244 e. The van der Waals surface area contributed by atoms with Crippen LogP contribution < -0.4 is 10.6 Å². The van der Waals surface area contributed by atoms with Gasteiger partial charge in [0.25, 0.3) is 0 Å². The Labute approximate surface area is 172 Å². The number of guanidine groups is 1. The van der Waals surface area contributed by atoms with E-state index in [4.69, 9.17) is 16.3 Å². The number of aliphatic imine (C=N–C) groups is 1. The molecule has 0 aromatic heterocycles. The van der Waals surface area contributed by atoms with Gasteiger partial charge in [-0.25, -0.2) is 4.99 Å². The number of benzene rings is 1. The number of carbonyl (C=O) groups is 1. The lowest BCUT2D eigenvalue weighted by Gasteiger charge is -2.38. The summed E-state index contributed by atoms with van der Waals surface area (Å²) in [5.41, 5.74) is 1.04. The van der Waals surface area contributed by atoms with E-state index in [0.29, 0.717) is 25.7 Å². The molecule has 2 heterocycles. The van der Waals surface area contributed by atoms with E-state index in [1.165, 1.54) is 0 Å². The SMILES string of the molecule is CCNC(=NCC(=O)N1CCCC1)NCC1(c2ccccc2Cl)CCOCC1. The topological polar surface area (TPSA) is 66.0 Å². The van der Waals surface area contributed by atoms with Crippen molar-refractivity contribution in [2.24, 2.45) is 4.99 Å². The maximum absolute atomic E-state index is 12.3. The van der Waals surface area contributed by atoms with Gasteiger partial charge in [0.2, 0.25) is 5.91 Å². The fraction of sp³-hybridized carbons (Fsp3) is 0.619. The quantitative estimate of drug-likeness (QED) is 0.563. The third kappa shape index (κ3) is 5.17. The number of likely N-dealkylation sites (tertiary alicyclic amines) is 1. The lowest BCUT2D eigenvalue weighted by Crippen LogP contribution is -2.48. The van der Waals surface area contributed by atoms with Gasteiger partial charge in [-0.2, -0.15) is 0 Å². The van der Waals surface area contributed by atoms with Gasteiger partial charge in [-0.05, 0) is 44.2 Å². The van der Waals surface area contributed by atoms with E-state index in [0.717, 1.165) is 55.9 Å². The molecule has 2 aliphatic rings. The summed E-state index contributed by atoms with van der Waals surface area (Å²) >= 11 is 6.53. The standard InChI is InChI=1S/C21H31ClN4O2/c1-2-23-20(24-15-19(27)26-11-5-6-12-26)25-16-21(9-13-28-14-10-21)17-7-3-4-8-18(17)22/h3-4,7-8H,2,5-6,9-16H2,1H3,(H2,23,24,25). The van der Waals surface area contributed by atoms with E-state index >= 15 is 0 Å². The van der Waals surface area contributed by atoms with Crippen LogP contribution >= 0.6 is 11.6 Å². The Morgan fingerprint density at radius 2 is 1.93 bits per heavy atom. The first-order chi connectivity index (χ1) is 13.6. The van der Waals surface area contributed by atoms with Crippen molar-refractivity contribution in [3.05, 3.63) is 34.9 Å². The number of rotatable bonds is 6. The number of ether oxygens (including phenoxy) is 1. The van der Waals surface area contributed by atoms with E-state index in [1.807, 2.05) is 30.0 Å². The molecular formula is C21H31ClN4O2. The lowest BCUT2D eigenvalue weighted by molar-refractivity contribution is -0.128. The second-order valence-corrected chi connectivity index (χ2v) is 7.92. The van der Waals surface area contributed by atoms with Crippen molar-refractivity contribution in [1.82, 2.24) is 15.5 Å². The molecule has 0 spiro atoms. The van der Waals surface area contributed by atoms with E-state index in [-0.39, 0.29) is 17.9 Å². The highest BCUT2D eigenvalue weighted by atomic mass is 35.5. The van der Waals surface area contributed by atoms with Crippen molar-refractivity contribution in [2.75, 3.05) is 45.9 Å². The first-order valence-corrected chi connectivity index (χ1v) is 10.7. The van der Waals surface area contributed by atoms with Crippen LogP contribution in [-0.4, -0.2) is 62.7 Å². The van der Waals surface area contributed by atoms with Gasteiger partial charge < -0.3 is 20.3 Å². The van der Waals surface area contributed by atoms with Crippen molar-refractivity contribution in [3.8, 4) is 0 Å². The van der Waals surface area contributed by atoms with Gasteiger partial charge in [-0.1, -0.05) is 29.8 Å². The van der Waals surface area contributed by atoms with Crippen molar-refractivity contribution in [1.29, 1.82) is 0 Å². The van der Waals surface area contributed by atoms with Crippen LogP contribution in [0, 0.1) is 0 Å². The molecule has 2 aliphatic heterocycles. The number of nitrogens with one attached hydrogen (secondary N) is 2. The minimum atomic E-state index is -0.105. The summed E-state index contributed by atoms with van der Waals surface area (Å²) in [4.78, 5) is 18.7. The molecule has 6 nitrogen and oxygen atoms in total. The maximum atomic E-state index is 12.3. The first kappa shape index (κ1) is 20.9. The Bertz CT molecular complexity index is 683. The van der Waals surface area contributed by atoms with Crippen LogP contribution in [0.25, 0.3) is 0 Å². The third-order valence-corrected chi connectivity index (χ3v) is 5.99. The molecule has 0 radical (unpaired) electrons. The van der Waals surface area contributed by atoms with Gasteiger partial charge in [0, 0.05) is 49.8 Å². The molecule has 1 aromatic rings. The molecule has 2 fully saturated rings. The number of amides is 1. The number of hydrogen-bond acceptors (Lipinski definition) is 3. The van der Waals surface area contributed by atoms with Crippen molar-refractivity contribution >= 4 is 23.5 Å². The number of carbonyl (C=O) groups excluding carboxylic acids is 1. The molecule has 0 atom stereocenters. The third-order valence-electron chi connectivity index (χ3n) is 5.66. The highest BCUT2D eigenvalue weighted by molar-refractivity contribution is 6.31. The molecule has 7 heteroatoms. The largest absolute Gasteiger partial charge is 0.381 e. The number of hydrogen-bond donors (Lipinski definition) is 2. The zero-order valence-electron chi connectivity index (χ0n) is 16.7. The highest BCUT2D eigenvalue weighted by Gasteiger charge is 2.36. The molecule has 154 valence electrons. The van der Waals surface area contributed by atoms with E-state index in [1.54, 1.807) is 0 Å². The Morgan fingerprint density at radius 3 is 2.61 bits per heavy atom. The van der Waals surface area contributed by atoms with Crippen molar-refractivity contribution in [2.45, 2.75) is 38.0 Å². The average Bonchev–Trinajstić information content (AvgIpc) is 3.26. The van der Waals surface area contributed by atoms with Gasteiger partial charge in [-0.15, -0.1) is 0 Å². The van der Waals surface area contributed by atoms with Gasteiger partial charge in [-0.3, -0.25) is 4.79 Å². The summed E-state index contributed by atoms with van der Waals surface area (Å²) < 4.78 is 5.61. The summed E-state index contributed by atoms with van der Waals surface area (Å²) in [5, 5.41) is 7.50. The lowest BCUT2D eigenvalue weighted by atomic mass is 9.74. The van der Waals surface area contributed by atoms with Crippen LogP contribution in [0.15, 0.2) is 29.3 Å². The summed E-state index contributed by atoms with van der Waals surface area (Å²) in [5.74, 6) is 0.773. The predicted octanol–water partition coefficient (Wildman–Crippen LogP) is 2.57. The number of nitrogens with zero attached hydrogens (tertiary/aromatic N) is 2. The minimum absolute atomic E-state index is 0.0987. The summed E-state index contributed by atoms with van der Waals surface area (Å²) in [6, 6.07) is 8.05. The molecule has 0 unspecified atom stereocenters. The fourth-order valence-electron chi connectivity index (χ4n) is 4.00. The molecule has 28 heavy (non-hydrogen) atoms. The Morgan fingerprint density at radius 1 is 1.21 bits per heavy atom. The van der Waals surface area contributed by atoms with Crippen LogP contribution in [0.3, 0.4) is 0 Å². The first-order valence-electron chi connectivity index (χ1n) is 10.3. The van der Waals surface area contributed by atoms with E-state index < -0.39 is 0 Å². The molecule has 0 saturated carbocycles. The van der Waals surface area contributed by atoms with E-state index in [9.17, 15) is 4.79 Å². The van der Waals surface area contributed by atoms with Gasteiger partial charge in [0.15, 0.2) is 5.96 Å². The monoisotopic (exact) mass is 406 g/mol. The van der Waals surface area contributed by atoms with Crippen molar-refractivity contribution < 1.29 is 9.53 Å². The Hall–Kier alpha value is -1.79. The molecule has 2 N–H and O–H groups in total. The van der Waals surface area contributed by atoms with Crippen LogP contribution in [0.1, 0.15) is 38.2 Å². The normalized spacial score (nSPS) is 19.5. The van der Waals surface area contributed by atoms with Crippen LogP contribution in [0.4, 0.5) is 0 Å². The van der Waals surface area contributed by atoms with Gasteiger partial charge >= 0.3 is 0 Å².